The summed E-state index contributed by atoms with van der Waals surface area (Å²) in [6.07, 6.45) is 2.38. The Morgan fingerprint density at radius 3 is 2.33 bits per heavy atom. The number of ketones is 1. The SMILES string of the molecule is CN(C)C(=O)[C@@]12CC[C@@H](CC1=O)C2(C)C. The predicted molar refractivity (Wildman–Crippen MR) is 57.3 cm³/mol. The normalized spacial score (nSPS) is 37.1. The van der Waals surface area contributed by atoms with Gasteiger partial charge in [0.05, 0.1) is 0 Å². The average Bonchev–Trinajstić information content (AvgIpc) is 2.49. The number of fused-ring (bicyclic) bond motifs is 2. The molecule has 0 aromatic carbocycles. The summed E-state index contributed by atoms with van der Waals surface area (Å²) in [6.45, 7) is 4.16. The maximum atomic E-state index is 12.3. The van der Waals surface area contributed by atoms with Crippen molar-refractivity contribution in [2.24, 2.45) is 16.7 Å². The molecule has 84 valence electrons. The molecule has 0 aromatic rings. The van der Waals surface area contributed by atoms with Gasteiger partial charge in [0.15, 0.2) is 0 Å². The van der Waals surface area contributed by atoms with E-state index < -0.39 is 5.41 Å². The van der Waals surface area contributed by atoms with E-state index >= 15 is 0 Å². The number of nitrogens with zero attached hydrogens (tertiary/aromatic N) is 1. The molecule has 0 aromatic heterocycles. The molecule has 2 aliphatic rings. The molecule has 2 atom stereocenters. The lowest BCUT2D eigenvalue weighted by atomic mass is 9.68. The van der Waals surface area contributed by atoms with Crippen LogP contribution in [0.3, 0.4) is 0 Å². The van der Waals surface area contributed by atoms with Crippen LogP contribution in [0.4, 0.5) is 0 Å². The van der Waals surface area contributed by atoms with Gasteiger partial charge in [-0.15, -0.1) is 0 Å². The molecule has 2 rings (SSSR count). The van der Waals surface area contributed by atoms with Crippen LogP contribution < -0.4 is 0 Å². The Morgan fingerprint density at radius 2 is 2.00 bits per heavy atom. The quantitative estimate of drug-likeness (QED) is 0.613. The number of amides is 1. The van der Waals surface area contributed by atoms with E-state index in [1.54, 1.807) is 19.0 Å². The van der Waals surface area contributed by atoms with Gasteiger partial charge in [-0.05, 0) is 24.2 Å². The minimum absolute atomic E-state index is 0.0116. The van der Waals surface area contributed by atoms with Gasteiger partial charge in [-0.25, -0.2) is 0 Å². The Hall–Kier alpha value is -0.860. The molecular formula is C12H19NO2. The van der Waals surface area contributed by atoms with E-state index in [0.717, 1.165) is 12.8 Å². The molecule has 15 heavy (non-hydrogen) atoms. The topological polar surface area (TPSA) is 37.4 Å². The maximum absolute atomic E-state index is 12.3. The van der Waals surface area contributed by atoms with E-state index in [0.29, 0.717) is 12.3 Å². The number of carbonyl (C=O) groups is 2. The van der Waals surface area contributed by atoms with E-state index in [2.05, 4.69) is 13.8 Å². The second-order valence-corrected chi connectivity index (χ2v) is 5.69. The van der Waals surface area contributed by atoms with Gasteiger partial charge in [-0.1, -0.05) is 13.8 Å². The number of Topliss-reactive ketones (excluding diaryl/α,β-unsaturated/α-hetero) is 1. The number of carbonyl (C=O) groups excluding carboxylic acids is 2. The second kappa shape index (κ2) is 2.83. The number of hydrogen-bond acceptors (Lipinski definition) is 2. The zero-order valence-corrected chi connectivity index (χ0v) is 9.96. The summed E-state index contributed by atoms with van der Waals surface area (Å²) in [6, 6.07) is 0. The fourth-order valence-corrected chi connectivity index (χ4v) is 3.56. The predicted octanol–water partition coefficient (Wildman–Crippen LogP) is 1.47. The fraction of sp³-hybridized carbons (Fsp3) is 0.833. The van der Waals surface area contributed by atoms with Crippen LogP contribution in [-0.2, 0) is 9.59 Å². The number of rotatable bonds is 1. The number of hydrogen-bond donors (Lipinski definition) is 0. The largest absolute Gasteiger partial charge is 0.348 e. The van der Waals surface area contributed by atoms with Crippen molar-refractivity contribution in [2.45, 2.75) is 33.1 Å². The van der Waals surface area contributed by atoms with E-state index in [4.69, 9.17) is 0 Å². The molecule has 2 saturated carbocycles. The monoisotopic (exact) mass is 209 g/mol. The van der Waals surface area contributed by atoms with Crippen molar-refractivity contribution in [2.75, 3.05) is 14.1 Å². The van der Waals surface area contributed by atoms with Crippen molar-refractivity contribution in [3.05, 3.63) is 0 Å². The van der Waals surface area contributed by atoms with Crippen molar-refractivity contribution >= 4 is 11.7 Å². The first-order valence-electron chi connectivity index (χ1n) is 5.59. The highest BCUT2D eigenvalue weighted by molar-refractivity contribution is 6.09. The van der Waals surface area contributed by atoms with E-state index in [1.807, 2.05) is 0 Å². The zero-order valence-electron chi connectivity index (χ0n) is 9.96. The summed E-state index contributed by atoms with van der Waals surface area (Å²) < 4.78 is 0. The first kappa shape index (κ1) is 10.7. The Morgan fingerprint density at radius 1 is 1.40 bits per heavy atom. The smallest absolute Gasteiger partial charge is 0.236 e. The Kier molecular flexibility index (Phi) is 2.01. The summed E-state index contributed by atoms with van der Waals surface area (Å²) >= 11 is 0. The Labute approximate surface area is 90.8 Å². The van der Waals surface area contributed by atoms with Crippen molar-refractivity contribution in [3.63, 3.8) is 0 Å². The molecule has 0 saturated heterocycles. The Balaban J connectivity index is 2.49. The van der Waals surface area contributed by atoms with Crippen LogP contribution >= 0.6 is 0 Å². The lowest BCUT2D eigenvalue weighted by Crippen LogP contribution is -2.49. The van der Waals surface area contributed by atoms with Crippen LogP contribution in [0.15, 0.2) is 0 Å². The third-order valence-electron chi connectivity index (χ3n) is 4.67. The standard InChI is InChI=1S/C12H19NO2/c1-11(2)8-5-6-12(11,9(14)7-8)10(15)13(3)4/h8H,5-7H2,1-4H3/t8-,12+/m0/s1. The van der Waals surface area contributed by atoms with Gasteiger partial charge in [0, 0.05) is 20.5 Å². The molecule has 0 radical (unpaired) electrons. The van der Waals surface area contributed by atoms with Gasteiger partial charge in [-0.3, -0.25) is 9.59 Å². The second-order valence-electron chi connectivity index (χ2n) is 5.69. The molecule has 0 aliphatic heterocycles. The van der Waals surface area contributed by atoms with Gasteiger partial charge in [-0.2, -0.15) is 0 Å². The third-order valence-corrected chi connectivity index (χ3v) is 4.67. The molecule has 2 fully saturated rings. The lowest BCUT2D eigenvalue weighted by Gasteiger charge is -2.36. The first-order valence-corrected chi connectivity index (χ1v) is 5.59. The van der Waals surface area contributed by atoms with E-state index in [9.17, 15) is 9.59 Å². The highest BCUT2D eigenvalue weighted by atomic mass is 16.2. The fourth-order valence-electron chi connectivity index (χ4n) is 3.56. The molecule has 3 heteroatoms. The first-order chi connectivity index (χ1) is 6.84. The highest BCUT2D eigenvalue weighted by Gasteiger charge is 2.68. The zero-order chi connectivity index (χ0) is 11.4. The summed E-state index contributed by atoms with van der Waals surface area (Å²) in [7, 11) is 3.48. The summed E-state index contributed by atoms with van der Waals surface area (Å²) in [4.78, 5) is 25.9. The van der Waals surface area contributed by atoms with E-state index in [-0.39, 0.29) is 17.1 Å². The van der Waals surface area contributed by atoms with Gasteiger partial charge in [0.1, 0.15) is 11.2 Å². The van der Waals surface area contributed by atoms with Crippen LogP contribution in [-0.4, -0.2) is 30.7 Å². The molecule has 3 nitrogen and oxygen atoms in total. The van der Waals surface area contributed by atoms with Gasteiger partial charge >= 0.3 is 0 Å². The molecule has 1 amide bonds. The molecule has 2 bridgehead atoms. The van der Waals surface area contributed by atoms with Crippen LogP contribution in [0.1, 0.15) is 33.1 Å². The molecular weight excluding hydrogens is 190 g/mol. The Bertz CT molecular complexity index is 333. The lowest BCUT2D eigenvalue weighted by molar-refractivity contribution is -0.151. The summed E-state index contributed by atoms with van der Waals surface area (Å²) in [5.41, 5.74) is -0.855. The molecule has 0 unspecified atom stereocenters. The minimum atomic E-state index is -0.707. The van der Waals surface area contributed by atoms with Gasteiger partial charge in [0.25, 0.3) is 0 Å². The average molecular weight is 209 g/mol. The minimum Gasteiger partial charge on any atom is -0.348 e. The van der Waals surface area contributed by atoms with E-state index in [1.165, 1.54) is 0 Å². The summed E-state index contributed by atoms with van der Waals surface area (Å²) in [5, 5.41) is 0. The van der Waals surface area contributed by atoms with Crippen LogP contribution in [0, 0.1) is 16.7 Å². The van der Waals surface area contributed by atoms with Crippen molar-refractivity contribution in [3.8, 4) is 0 Å². The molecule has 2 aliphatic carbocycles. The van der Waals surface area contributed by atoms with Crippen LogP contribution in [0.5, 0.6) is 0 Å². The molecule has 0 heterocycles. The molecule has 0 spiro atoms. The highest BCUT2D eigenvalue weighted by Crippen LogP contribution is 2.64. The molecule has 0 N–H and O–H groups in total. The van der Waals surface area contributed by atoms with Gasteiger partial charge in [0.2, 0.25) is 5.91 Å². The van der Waals surface area contributed by atoms with Crippen LogP contribution in [0.2, 0.25) is 0 Å². The van der Waals surface area contributed by atoms with Crippen LogP contribution in [0.25, 0.3) is 0 Å². The van der Waals surface area contributed by atoms with Gasteiger partial charge < -0.3 is 4.90 Å². The maximum Gasteiger partial charge on any atom is 0.236 e. The van der Waals surface area contributed by atoms with Crippen molar-refractivity contribution in [1.82, 2.24) is 4.90 Å². The van der Waals surface area contributed by atoms with Crippen molar-refractivity contribution < 1.29 is 9.59 Å². The van der Waals surface area contributed by atoms with Crippen molar-refractivity contribution in [1.29, 1.82) is 0 Å². The third kappa shape index (κ3) is 1.01. The summed E-state index contributed by atoms with van der Waals surface area (Å²) in [5.74, 6) is 0.592.